The summed E-state index contributed by atoms with van der Waals surface area (Å²) in [4.78, 5) is 14.5. The zero-order chi connectivity index (χ0) is 14.3. The van der Waals surface area contributed by atoms with E-state index in [9.17, 15) is 4.79 Å². The number of nitrogens with one attached hydrogen (secondary N) is 1. The fourth-order valence-electron chi connectivity index (χ4n) is 2.97. The number of rotatable bonds is 8. The van der Waals surface area contributed by atoms with Crippen LogP contribution in [0, 0.1) is 0 Å². The van der Waals surface area contributed by atoms with E-state index in [2.05, 4.69) is 24.2 Å². The van der Waals surface area contributed by atoms with Gasteiger partial charge < -0.3 is 15.0 Å². The maximum Gasteiger partial charge on any atom is 0.326 e. The van der Waals surface area contributed by atoms with Gasteiger partial charge in [-0.2, -0.15) is 0 Å². The number of unbranched alkanes of at least 4 members (excludes halogenated alkanes) is 2. The Morgan fingerprint density at radius 3 is 2.74 bits per heavy atom. The minimum Gasteiger partial charge on any atom is -0.465 e. The Bertz CT molecular complexity index is 283. The summed E-state index contributed by atoms with van der Waals surface area (Å²) < 4.78 is 5.23. The Morgan fingerprint density at radius 1 is 1.42 bits per heavy atom. The van der Waals surface area contributed by atoms with Crippen LogP contribution in [0.15, 0.2) is 0 Å². The second-order valence-corrected chi connectivity index (χ2v) is 5.64. The van der Waals surface area contributed by atoms with Crippen LogP contribution in [0.5, 0.6) is 0 Å². The van der Waals surface area contributed by atoms with Crippen molar-refractivity contribution in [3.8, 4) is 0 Å². The van der Waals surface area contributed by atoms with Gasteiger partial charge in [-0.3, -0.25) is 4.79 Å². The smallest absolute Gasteiger partial charge is 0.326 e. The summed E-state index contributed by atoms with van der Waals surface area (Å²) in [6, 6.07) is 0.494. The highest BCUT2D eigenvalue weighted by Crippen LogP contribution is 2.33. The van der Waals surface area contributed by atoms with E-state index in [1.165, 1.54) is 19.3 Å². The SMILES string of the molecule is CCCCCN(C)C1CCC(NC)(C(=O)OCC)C1. The summed E-state index contributed by atoms with van der Waals surface area (Å²) in [5.41, 5.74) is -0.459. The molecule has 0 saturated heterocycles. The zero-order valence-corrected chi connectivity index (χ0v) is 13.0. The molecule has 1 aliphatic rings. The minimum absolute atomic E-state index is 0.0815. The van der Waals surface area contributed by atoms with Gasteiger partial charge in [0.25, 0.3) is 0 Å². The maximum atomic E-state index is 12.1. The highest BCUT2D eigenvalue weighted by molar-refractivity contribution is 5.81. The van der Waals surface area contributed by atoms with Crippen molar-refractivity contribution < 1.29 is 9.53 Å². The molecular formula is C15H30N2O2. The van der Waals surface area contributed by atoms with E-state index in [-0.39, 0.29) is 5.97 Å². The summed E-state index contributed by atoms with van der Waals surface area (Å²) in [7, 11) is 4.05. The van der Waals surface area contributed by atoms with Crippen LogP contribution >= 0.6 is 0 Å². The Hall–Kier alpha value is -0.610. The van der Waals surface area contributed by atoms with Crippen LogP contribution in [0.2, 0.25) is 0 Å². The lowest BCUT2D eigenvalue weighted by molar-refractivity contribution is -0.151. The molecule has 1 aliphatic carbocycles. The zero-order valence-electron chi connectivity index (χ0n) is 13.0. The van der Waals surface area contributed by atoms with E-state index in [0.717, 1.165) is 25.8 Å². The van der Waals surface area contributed by atoms with Crippen molar-refractivity contribution in [2.24, 2.45) is 0 Å². The number of hydrogen-bond acceptors (Lipinski definition) is 4. The van der Waals surface area contributed by atoms with Crippen LogP contribution < -0.4 is 5.32 Å². The Balaban J connectivity index is 2.51. The second kappa shape index (κ2) is 7.85. The van der Waals surface area contributed by atoms with Gasteiger partial charge in [0.2, 0.25) is 0 Å². The molecule has 1 rings (SSSR count). The number of ether oxygens (including phenoxy) is 1. The topological polar surface area (TPSA) is 41.6 Å². The van der Waals surface area contributed by atoms with E-state index in [1.54, 1.807) is 0 Å². The molecule has 0 aliphatic heterocycles. The number of nitrogens with zero attached hydrogens (tertiary/aromatic N) is 1. The van der Waals surface area contributed by atoms with Crippen molar-refractivity contribution in [3.63, 3.8) is 0 Å². The molecule has 1 N–H and O–H groups in total. The first-order chi connectivity index (χ1) is 9.09. The number of carbonyl (C=O) groups is 1. The molecule has 0 radical (unpaired) electrons. The molecule has 0 amide bonds. The molecule has 112 valence electrons. The third-order valence-electron chi connectivity index (χ3n) is 4.37. The Kier molecular flexibility index (Phi) is 6.80. The first kappa shape index (κ1) is 16.4. The quantitative estimate of drug-likeness (QED) is 0.542. The van der Waals surface area contributed by atoms with E-state index in [4.69, 9.17) is 4.74 Å². The van der Waals surface area contributed by atoms with E-state index < -0.39 is 5.54 Å². The largest absolute Gasteiger partial charge is 0.465 e. The molecule has 0 bridgehead atoms. The summed E-state index contributed by atoms with van der Waals surface area (Å²) in [6.45, 7) is 5.67. The van der Waals surface area contributed by atoms with Gasteiger partial charge >= 0.3 is 5.97 Å². The Labute approximate surface area is 117 Å². The first-order valence-electron chi connectivity index (χ1n) is 7.66. The van der Waals surface area contributed by atoms with Gasteiger partial charge in [0.05, 0.1) is 6.61 Å². The molecule has 2 unspecified atom stereocenters. The third kappa shape index (κ3) is 4.18. The summed E-state index contributed by atoms with van der Waals surface area (Å²) in [5.74, 6) is -0.0815. The van der Waals surface area contributed by atoms with Crippen molar-refractivity contribution in [1.82, 2.24) is 10.2 Å². The standard InChI is InChI=1S/C15H30N2O2/c1-5-7-8-11-17(4)13-9-10-15(12-13,16-3)14(18)19-6-2/h13,16H,5-12H2,1-4H3. The van der Waals surface area contributed by atoms with E-state index in [0.29, 0.717) is 12.6 Å². The number of carbonyl (C=O) groups excluding carboxylic acids is 1. The lowest BCUT2D eigenvalue weighted by Crippen LogP contribution is -2.50. The maximum absolute atomic E-state index is 12.1. The highest BCUT2D eigenvalue weighted by Gasteiger charge is 2.46. The van der Waals surface area contributed by atoms with Crippen molar-refractivity contribution >= 4 is 5.97 Å². The van der Waals surface area contributed by atoms with Gasteiger partial charge in [0.1, 0.15) is 5.54 Å². The van der Waals surface area contributed by atoms with Crippen molar-refractivity contribution in [2.75, 3.05) is 27.2 Å². The third-order valence-corrected chi connectivity index (χ3v) is 4.37. The molecule has 4 nitrogen and oxygen atoms in total. The number of hydrogen-bond donors (Lipinski definition) is 1. The lowest BCUT2D eigenvalue weighted by Gasteiger charge is -2.29. The lowest BCUT2D eigenvalue weighted by atomic mass is 9.97. The molecule has 0 aromatic carbocycles. The molecule has 4 heteroatoms. The molecule has 19 heavy (non-hydrogen) atoms. The van der Waals surface area contributed by atoms with Crippen LogP contribution in [-0.2, 0) is 9.53 Å². The summed E-state index contributed by atoms with van der Waals surface area (Å²) in [6.07, 6.45) is 6.60. The molecule has 0 heterocycles. The summed E-state index contributed by atoms with van der Waals surface area (Å²) >= 11 is 0. The van der Waals surface area contributed by atoms with Crippen molar-refractivity contribution in [1.29, 1.82) is 0 Å². The normalized spacial score (nSPS) is 26.9. The van der Waals surface area contributed by atoms with Crippen LogP contribution in [-0.4, -0.2) is 49.7 Å². The summed E-state index contributed by atoms with van der Waals surface area (Å²) in [5, 5.41) is 3.21. The van der Waals surface area contributed by atoms with Gasteiger partial charge in [-0.25, -0.2) is 0 Å². The van der Waals surface area contributed by atoms with Crippen LogP contribution in [0.25, 0.3) is 0 Å². The second-order valence-electron chi connectivity index (χ2n) is 5.64. The number of likely N-dealkylation sites (N-methyl/N-ethyl adjacent to an activating group) is 1. The van der Waals surface area contributed by atoms with E-state index in [1.807, 2.05) is 14.0 Å². The van der Waals surface area contributed by atoms with Crippen molar-refractivity contribution in [2.45, 2.75) is 64.0 Å². The molecular weight excluding hydrogens is 240 g/mol. The molecule has 1 fully saturated rings. The molecule has 0 spiro atoms. The van der Waals surface area contributed by atoms with Crippen LogP contribution in [0.4, 0.5) is 0 Å². The molecule has 1 saturated carbocycles. The fourth-order valence-corrected chi connectivity index (χ4v) is 2.97. The minimum atomic E-state index is -0.459. The average molecular weight is 270 g/mol. The molecule has 0 aromatic heterocycles. The highest BCUT2D eigenvalue weighted by atomic mass is 16.5. The van der Waals surface area contributed by atoms with Crippen molar-refractivity contribution in [3.05, 3.63) is 0 Å². The Morgan fingerprint density at radius 2 is 2.16 bits per heavy atom. The first-order valence-corrected chi connectivity index (χ1v) is 7.66. The molecule has 2 atom stereocenters. The van der Waals surface area contributed by atoms with Gasteiger partial charge in [-0.15, -0.1) is 0 Å². The van der Waals surface area contributed by atoms with E-state index >= 15 is 0 Å². The van der Waals surface area contributed by atoms with Gasteiger partial charge in [0, 0.05) is 6.04 Å². The van der Waals surface area contributed by atoms with Gasteiger partial charge in [-0.05, 0) is 53.2 Å². The van der Waals surface area contributed by atoms with Gasteiger partial charge in [-0.1, -0.05) is 19.8 Å². The fraction of sp³-hybridized carbons (Fsp3) is 0.933. The monoisotopic (exact) mass is 270 g/mol. The average Bonchev–Trinajstić information content (AvgIpc) is 2.85. The van der Waals surface area contributed by atoms with Gasteiger partial charge in [0.15, 0.2) is 0 Å². The predicted molar refractivity (Wildman–Crippen MR) is 78.2 cm³/mol. The predicted octanol–water partition coefficient (Wildman–Crippen LogP) is 2.18. The van der Waals surface area contributed by atoms with Crippen LogP contribution in [0.3, 0.4) is 0 Å². The molecule has 0 aromatic rings. The number of esters is 1. The van der Waals surface area contributed by atoms with Crippen LogP contribution in [0.1, 0.15) is 52.4 Å².